The summed E-state index contributed by atoms with van der Waals surface area (Å²) in [6, 6.07) is 5.92. The Morgan fingerprint density at radius 3 is 2.78 bits per heavy atom. The molecule has 2 N–H and O–H groups in total. The minimum absolute atomic E-state index is 0.198. The lowest BCUT2D eigenvalue weighted by Crippen LogP contribution is -2.27. The van der Waals surface area contributed by atoms with Crippen molar-refractivity contribution in [2.45, 2.75) is 23.8 Å². The molecule has 1 aliphatic rings. The molecule has 0 aliphatic carbocycles. The molecule has 0 atom stereocenters. The van der Waals surface area contributed by atoms with E-state index in [-0.39, 0.29) is 6.10 Å². The molecule has 0 radical (unpaired) electrons. The van der Waals surface area contributed by atoms with Crippen molar-refractivity contribution in [3.63, 3.8) is 0 Å². The zero-order chi connectivity index (χ0) is 13.0. The van der Waals surface area contributed by atoms with Crippen LogP contribution in [0.4, 0.5) is 0 Å². The third kappa shape index (κ3) is 3.16. The van der Waals surface area contributed by atoms with Crippen LogP contribution in [0.15, 0.2) is 23.1 Å². The number of ether oxygens (including phenoxy) is 2. The van der Waals surface area contributed by atoms with Crippen LogP contribution in [0, 0.1) is 0 Å². The summed E-state index contributed by atoms with van der Waals surface area (Å²) in [6.07, 6.45) is 4.04. The predicted octanol–water partition coefficient (Wildman–Crippen LogP) is 2.60. The highest BCUT2D eigenvalue weighted by atomic mass is 32.2. The molecular formula is C13H17NO2S2. The largest absolute Gasteiger partial charge is 0.489 e. The number of thioether (sulfide) groups is 1. The first-order valence-corrected chi connectivity index (χ1v) is 7.57. The topological polar surface area (TPSA) is 44.5 Å². The zero-order valence-corrected chi connectivity index (χ0v) is 12.0. The van der Waals surface area contributed by atoms with Crippen molar-refractivity contribution in [2.75, 3.05) is 19.5 Å². The highest BCUT2D eigenvalue weighted by Crippen LogP contribution is 2.30. The third-order valence-electron chi connectivity index (χ3n) is 2.92. The van der Waals surface area contributed by atoms with Gasteiger partial charge in [-0.05, 0) is 18.4 Å². The SMILES string of the molecule is CSc1cccc(OC2CCOCC2)c1C(N)=S. The molecule has 1 aliphatic heterocycles. The van der Waals surface area contributed by atoms with Gasteiger partial charge in [0.25, 0.3) is 0 Å². The van der Waals surface area contributed by atoms with Crippen LogP contribution in [0.3, 0.4) is 0 Å². The van der Waals surface area contributed by atoms with E-state index < -0.39 is 0 Å². The molecule has 1 aromatic carbocycles. The number of nitrogens with two attached hydrogens (primary N) is 1. The van der Waals surface area contributed by atoms with Crippen LogP contribution in [-0.2, 0) is 4.74 Å². The molecule has 1 fully saturated rings. The van der Waals surface area contributed by atoms with Gasteiger partial charge in [0.2, 0.25) is 0 Å². The molecule has 0 aromatic heterocycles. The fourth-order valence-electron chi connectivity index (χ4n) is 2.00. The maximum atomic E-state index is 6.03. The van der Waals surface area contributed by atoms with Crippen molar-refractivity contribution in [3.05, 3.63) is 23.8 Å². The fourth-order valence-corrected chi connectivity index (χ4v) is 2.90. The van der Waals surface area contributed by atoms with E-state index in [4.69, 9.17) is 27.4 Å². The van der Waals surface area contributed by atoms with Gasteiger partial charge in [-0.25, -0.2) is 0 Å². The molecule has 0 amide bonds. The second kappa shape index (κ2) is 6.41. The summed E-state index contributed by atoms with van der Waals surface area (Å²) in [6.45, 7) is 1.52. The summed E-state index contributed by atoms with van der Waals surface area (Å²) in [5.74, 6) is 0.793. The van der Waals surface area contributed by atoms with Crippen molar-refractivity contribution >= 4 is 29.0 Å². The quantitative estimate of drug-likeness (QED) is 0.680. The number of hydrogen-bond donors (Lipinski definition) is 1. The standard InChI is InChI=1S/C13H17NO2S2/c1-18-11-4-2-3-10(12(11)13(14)17)16-9-5-7-15-8-6-9/h2-4,9H,5-8H2,1H3,(H2,14,17). The van der Waals surface area contributed by atoms with E-state index in [0.29, 0.717) is 4.99 Å². The lowest BCUT2D eigenvalue weighted by molar-refractivity contribution is 0.0254. The van der Waals surface area contributed by atoms with E-state index >= 15 is 0 Å². The Labute approximate surface area is 117 Å². The van der Waals surface area contributed by atoms with Crippen molar-refractivity contribution < 1.29 is 9.47 Å². The molecule has 1 heterocycles. The molecule has 1 saturated heterocycles. The molecule has 0 bridgehead atoms. The average Bonchev–Trinajstić information content (AvgIpc) is 2.39. The van der Waals surface area contributed by atoms with Crippen LogP contribution in [0.1, 0.15) is 18.4 Å². The third-order valence-corrected chi connectivity index (χ3v) is 3.90. The maximum Gasteiger partial charge on any atom is 0.131 e. The molecular weight excluding hydrogens is 266 g/mol. The second-order valence-corrected chi connectivity index (χ2v) is 5.42. The minimum Gasteiger partial charge on any atom is -0.489 e. The highest BCUT2D eigenvalue weighted by molar-refractivity contribution is 7.98. The van der Waals surface area contributed by atoms with Gasteiger partial charge in [-0.15, -0.1) is 11.8 Å². The van der Waals surface area contributed by atoms with E-state index in [1.165, 1.54) is 0 Å². The van der Waals surface area contributed by atoms with E-state index in [0.717, 1.165) is 42.3 Å². The van der Waals surface area contributed by atoms with Gasteiger partial charge < -0.3 is 15.2 Å². The second-order valence-electron chi connectivity index (χ2n) is 4.13. The highest BCUT2D eigenvalue weighted by Gasteiger charge is 2.19. The van der Waals surface area contributed by atoms with Gasteiger partial charge in [0, 0.05) is 17.7 Å². The van der Waals surface area contributed by atoms with Crippen LogP contribution in [-0.4, -0.2) is 30.6 Å². The summed E-state index contributed by atoms with van der Waals surface area (Å²) in [4.78, 5) is 1.45. The first kappa shape index (κ1) is 13.6. The number of thiocarbonyl (C=S) groups is 1. The first-order chi connectivity index (χ1) is 8.72. The Morgan fingerprint density at radius 1 is 1.44 bits per heavy atom. The molecule has 1 aromatic rings. The fraction of sp³-hybridized carbons (Fsp3) is 0.462. The van der Waals surface area contributed by atoms with Crippen molar-refractivity contribution in [1.29, 1.82) is 0 Å². The van der Waals surface area contributed by atoms with Crippen molar-refractivity contribution in [3.8, 4) is 5.75 Å². The minimum atomic E-state index is 0.198. The molecule has 0 saturated carbocycles. The molecule has 2 rings (SSSR count). The molecule has 3 nitrogen and oxygen atoms in total. The Kier molecular flexibility index (Phi) is 4.86. The van der Waals surface area contributed by atoms with E-state index in [1.807, 2.05) is 24.5 Å². The molecule has 5 heteroatoms. The summed E-state index contributed by atoms with van der Waals surface area (Å²) < 4.78 is 11.4. The Balaban J connectivity index is 2.23. The van der Waals surface area contributed by atoms with Gasteiger partial charge in [-0.1, -0.05) is 18.3 Å². The number of benzene rings is 1. The van der Waals surface area contributed by atoms with Crippen LogP contribution >= 0.6 is 24.0 Å². The van der Waals surface area contributed by atoms with Crippen LogP contribution in [0.5, 0.6) is 5.75 Å². The van der Waals surface area contributed by atoms with Gasteiger partial charge in [0.05, 0.1) is 18.8 Å². The molecule has 0 unspecified atom stereocenters. The maximum absolute atomic E-state index is 6.03. The van der Waals surface area contributed by atoms with Gasteiger partial charge in [0.15, 0.2) is 0 Å². The van der Waals surface area contributed by atoms with E-state index in [2.05, 4.69) is 0 Å². The number of hydrogen-bond acceptors (Lipinski definition) is 4. The smallest absolute Gasteiger partial charge is 0.131 e. The Morgan fingerprint density at radius 2 is 2.17 bits per heavy atom. The van der Waals surface area contributed by atoms with Gasteiger partial charge in [-0.2, -0.15) is 0 Å². The molecule has 0 spiro atoms. The predicted molar refractivity (Wildman–Crippen MR) is 78.6 cm³/mol. The Hall–Kier alpha value is -0.780. The van der Waals surface area contributed by atoms with Crippen LogP contribution in [0.25, 0.3) is 0 Å². The zero-order valence-electron chi connectivity index (χ0n) is 10.3. The van der Waals surface area contributed by atoms with E-state index in [9.17, 15) is 0 Å². The summed E-state index contributed by atoms with van der Waals surface area (Å²) in [7, 11) is 0. The van der Waals surface area contributed by atoms with Gasteiger partial charge in [-0.3, -0.25) is 0 Å². The van der Waals surface area contributed by atoms with Gasteiger partial charge in [0.1, 0.15) is 16.8 Å². The Bertz CT molecular complexity index is 431. The summed E-state index contributed by atoms with van der Waals surface area (Å²) in [5, 5.41) is 0. The summed E-state index contributed by atoms with van der Waals surface area (Å²) in [5.41, 5.74) is 6.66. The number of rotatable bonds is 4. The monoisotopic (exact) mass is 283 g/mol. The van der Waals surface area contributed by atoms with Crippen molar-refractivity contribution in [1.82, 2.24) is 0 Å². The molecule has 18 heavy (non-hydrogen) atoms. The van der Waals surface area contributed by atoms with Crippen LogP contribution in [0.2, 0.25) is 0 Å². The summed E-state index contributed by atoms with van der Waals surface area (Å²) >= 11 is 6.76. The van der Waals surface area contributed by atoms with Gasteiger partial charge >= 0.3 is 0 Å². The lowest BCUT2D eigenvalue weighted by Gasteiger charge is -2.25. The molecule has 98 valence electrons. The normalized spacial score (nSPS) is 16.5. The lowest BCUT2D eigenvalue weighted by atomic mass is 10.1. The van der Waals surface area contributed by atoms with Crippen molar-refractivity contribution in [2.24, 2.45) is 5.73 Å². The average molecular weight is 283 g/mol. The van der Waals surface area contributed by atoms with E-state index in [1.54, 1.807) is 11.8 Å². The first-order valence-electron chi connectivity index (χ1n) is 5.93. The van der Waals surface area contributed by atoms with Crippen LogP contribution < -0.4 is 10.5 Å².